The largest absolute Gasteiger partial charge is 0.492 e. The molecule has 0 aliphatic carbocycles. The van der Waals surface area contributed by atoms with Crippen molar-refractivity contribution in [3.8, 4) is 0 Å². The number of nitrogens with zero attached hydrogens (tertiary/aromatic N) is 1. The lowest BCUT2D eigenvalue weighted by Crippen LogP contribution is -2.41. The van der Waals surface area contributed by atoms with Crippen LogP contribution in [0.5, 0.6) is 0 Å². The second-order valence-electron chi connectivity index (χ2n) is 7.06. The summed E-state index contributed by atoms with van der Waals surface area (Å²) in [6.07, 6.45) is 5.27. The molecular weight excluding hydrogens is 281 g/mol. The van der Waals surface area contributed by atoms with Crippen LogP contribution in [0.4, 0.5) is 4.79 Å². The molecule has 5 nitrogen and oxygen atoms in total. The summed E-state index contributed by atoms with van der Waals surface area (Å²) >= 11 is 0. The second-order valence-corrected chi connectivity index (χ2v) is 7.06. The molecule has 0 N–H and O–H groups in total. The molecule has 1 saturated heterocycles. The van der Waals surface area contributed by atoms with Crippen LogP contribution in [0.2, 0.25) is 0 Å². The summed E-state index contributed by atoms with van der Waals surface area (Å²) in [7, 11) is -0.378. The Hall–Kier alpha value is -1.01. The van der Waals surface area contributed by atoms with E-state index in [1.807, 2.05) is 33.9 Å². The van der Waals surface area contributed by atoms with Gasteiger partial charge in [-0.05, 0) is 52.4 Å². The van der Waals surface area contributed by atoms with Crippen LogP contribution in [0.3, 0.4) is 0 Å². The van der Waals surface area contributed by atoms with E-state index in [0.717, 1.165) is 31.2 Å². The zero-order valence-electron chi connectivity index (χ0n) is 14.5. The Morgan fingerprint density at radius 2 is 1.95 bits per heavy atom. The zero-order valence-corrected chi connectivity index (χ0v) is 14.5. The van der Waals surface area contributed by atoms with Gasteiger partial charge in [0.05, 0.1) is 17.8 Å². The fourth-order valence-corrected chi connectivity index (χ4v) is 2.49. The van der Waals surface area contributed by atoms with E-state index < -0.39 is 0 Å². The normalized spacial score (nSPS) is 23.4. The van der Waals surface area contributed by atoms with Crippen molar-refractivity contribution in [2.75, 3.05) is 13.2 Å². The molecule has 0 aromatic carbocycles. The number of ether oxygens (including phenoxy) is 1. The Labute approximate surface area is 134 Å². The molecule has 124 valence electrons. The minimum absolute atomic E-state index is 0.276. The number of unbranched alkanes of at least 4 members (excludes halogenated alkanes) is 1. The van der Waals surface area contributed by atoms with Gasteiger partial charge in [-0.15, -0.1) is 0 Å². The smallest absolute Gasteiger partial charge is 0.449 e. The molecule has 2 aliphatic heterocycles. The van der Waals surface area contributed by atoms with Crippen molar-refractivity contribution in [3.63, 3.8) is 0 Å². The molecular formula is C16H28BNO4. The van der Waals surface area contributed by atoms with Crippen molar-refractivity contribution in [2.24, 2.45) is 0 Å². The molecule has 0 bridgehead atoms. The van der Waals surface area contributed by atoms with Crippen LogP contribution in [0.1, 0.15) is 60.3 Å². The first kappa shape index (κ1) is 17.4. The third-order valence-electron chi connectivity index (χ3n) is 4.70. The van der Waals surface area contributed by atoms with Crippen molar-refractivity contribution in [3.05, 3.63) is 11.7 Å². The molecule has 1 fully saturated rings. The molecule has 22 heavy (non-hydrogen) atoms. The summed E-state index contributed by atoms with van der Waals surface area (Å²) in [4.78, 5) is 13.7. The van der Waals surface area contributed by atoms with Crippen LogP contribution in [-0.2, 0) is 14.0 Å². The lowest BCUT2D eigenvalue weighted by molar-refractivity contribution is 0.00578. The number of carbonyl (C=O) groups excluding carboxylic acids is 1. The van der Waals surface area contributed by atoms with Gasteiger partial charge < -0.3 is 14.0 Å². The lowest BCUT2D eigenvalue weighted by atomic mass is 9.75. The van der Waals surface area contributed by atoms with Crippen molar-refractivity contribution < 1.29 is 18.8 Å². The van der Waals surface area contributed by atoms with Gasteiger partial charge in [0.1, 0.15) is 0 Å². The maximum Gasteiger partial charge on any atom is 0.492 e. The van der Waals surface area contributed by atoms with E-state index in [9.17, 15) is 4.79 Å². The van der Waals surface area contributed by atoms with Crippen LogP contribution in [0, 0.1) is 0 Å². The van der Waals surface area contributed by atoms with Gasteiger partial charge in [-0.1, -0.05) is 13.3 Å². The van der Waals surface area contributed by atoms with Gasteiger partial charge in [0.25, 0.3) is 0 Å². The van der Waals surface area contributed by atoms with Crippen molar-refractivity contribution >= 4 is 13.2 Å². The Bertz CT molecular complexity index is 431. The van der Waals surface area contributed by atoms with E-state index in [-0.39, 0.29) is 24.4 Å². The Kier molecular flexibility index (Phi) is 5.23. The van der Waals surface area contributed by atoms with Crippen molar-refractivity contribution in [1.29, 1.82) is 0 Å². The number of carbonyl (C=O) groups is 1. The first-order valence-electron chi connectivity index (χ1n) is 8.26. The summed E-state index contributed by atoms with van der Waals surface area (Å²) in [5.74, 6) is 0. The molecule has 2 heterocycles. The lowest BCUT2D eigenvalue weighted by Gasteiger charge is -2.32. The van der Waals surface area contributed by atoms with Crippen LogP contribution < -0.4 is 0 Å². The topological polar surface area (TPSA) is 48.0 Å². The monoisotopic (exact) mass is 309 g/mol. The maximum atomic E-state index is 12.1. The summed E-state index contributed by atoms with van der Waals surface area (Å²) in [5.41, 5.74) is 0.294. The summed E-state index contributed by atoms with van der Waals surface area (Å²) in [6, 6.07) is 0. The molecule has 2 rings (SSSR count). The fourth-order valence-electron chi connectivity index (χ4n) is 2.49. The van der Waals surface area contributed by atoms with Gasteiger partial charge in [0.15, 0.2) is 0 Å². The predicted molar refractivity (Wildman–Crippen MR) is 86.4 cm³/mol. The minimum atomic E-state index is -0.378. The molecule has 0 spiro atoms. The average molecular weight is 309 g/mol. The summed E-state index contributed by atoms with van der Waals surface area (Å²) < 4.78 is 17.4. The summed E-state index contributed by atoms with van der Waals surface area (Å²) in [5, 5.41) is 0. The first-order chi connectivity index (χ1) is 10.3. The highest BCUT2D eigenvalue weighted by molar-refractivity contribution is 6.54. The number of hydrogen-bond acceptors (Lipinski definition) is 4. The molecule has 6 heteroatoms. The van der Waals surface area contributed by atoms with Gasteiger partial charge in [0, 0.05) is 12.7 Å². The highest BCUT2D eigenvalue weighted by atomic mass is 16.7. The van der Waals surface area contributed by atoms with E-state index >= 15 is 0 Å². The third-order valence-corrected chi connectivity index (χ3v) is 4.70. The van der Waals surface area contributed by atoms with Crippen LogP contribution >= 0.6 is 0 Å². The van der Waals surface area contributed by atoms with Gasteiger partial charge in [0.2, 0.25) is 0 Å². The van der Waals surface area contributed by atoms with E-state index in [1.165, 1.54) is 0 Å². The second kappa shape index (κ2) is 6.63. The third kappa shape index (κ3) is 3.66. The number of hydrogen-bond donors (Lipinski definition) is 0. The molecule has 1 amide bonds. The standard InChI is InChI=1S/C16H28BNO4/c1-6-7-11-20-14(19)18-10-8-9-13(12-18)17-21-15(2,3)16(4,5)22-17/h12H,6-11H2,1-5H3. The van der Waals surface area contributed by atoms with Gasteiger partial charge >= 0.3 is 13.2 Å². The van der Waals surface area contributed by atoms with E-state index in [1.54, 1.807) is 4.90 Å². The number of amides is 1. The predicted octanol–water partition coefficient (Wildman–Crippen LogP) is 3.53. The average Bonchev–Trinajstić information content (AvgIpc) is 2.68. The first-order valence-corrected chi connectivity index (χ1v) is 8.26. The Morgan fingerprint density at radius 3 is 2.55 bits per heavy atom. The minimum Gasteiger partial charge on any atom is -0.449 e. The summed E-state index contributed by atoms with van der Waals surface area (Å²) in [6.45, 7) is 11.4. The van der Waals surface area contributed by atoms with Crippen molar-refractivity contribution in [2.45, 2.75) is 71.5 Å². The number of rotatable bonds is 4. The maximum absolute atomic E-state index is 12.1. The Morgan fingerprint density at radius 1 is 1.32 bits per heavy atom. The van der Waals surface area contributed by atoms with Crippen LogP contribution in [0.15, 0.2) is 11.7 Å². The van der Waals surface area contributed by atoms with E-state index in [0.29, 0.717) is 13.2 Å². The molecule has 0 radical (unpaired) electrons. The molecule has 0 saturated carbocycles. The zero-order chi connectivity index (χ0) is 16.4. The molecule has 0 aromatic heterocycles. The van der Waals surface area contributed by atoms with Crippen molar-refractivity contribution in [1.82, 2.24) is 4.90 Å². The highest BCUT2D eigenvalue weighted by Gasteiger charge is 2.52. The van der Waals surface area contributed by atoms with Gasteiger partial charge in [-0.3, -0.25) is 4.90 Å². The van der Waals surface area contributed by atoms with E-state index in [2.05, 4.69) is 6.92 Å². The van der Waals surface area contributed by atoms with Gasteiger partial charge in [-0.25, -0.2) is 4.79 Å². The van der Waals surface area contributed by atoms with Crippen LogP contribution in [-0.4, -0.2) is 42.5 Å². The van der Waals surface area contributed by atoms with E-state index in [4.69, 9.17) is 14.0 Å². The fraction of sp³-hybridized carbons (Fsp3) is 0.812. The van der Waals surface area contributed by atoms with Crippen LogP contribution in [0.25, 0.3) is 0 Å². The molecule has 0 atom stereocenters. The van der Waals surface area contributed by atoms with Gasteiger partial charge in [-0.2, -0.15) is 0 Å². The quantitative estimate of drug-likeness (QED) is 0.589. The highest BCUT2D eigenvalue weighted by Crippen LogP contribution is 2.39. The number of allylic oxidation sites excluding steroid dienone is 1. The SMILES string of the molecule is CCCCOC(=O)N1C=C(B2OC(C)(C)C(C)(C)O2)CCC1. The molecule has 2 aliphatic rings. The molecule has 0 aromatic rings. The molecule has 0 unspecified atom stereocenters. The Balaban J connectivity index is 2.01.